The summed E-state index contributed by atoms with van der Waals surface area (Å²) in [6.07, 6.45) is -5.23. The Morgan fingerprint density at radius 1 is 1.31 bits per heavy atom. The summed E-state index contributed by atoms with van der Waals surface area (Å²) < 4.78 is 40.6. The molecule has 0 spiro atoms. The first kappa shape index (κ1) is 12.8. The molecule has 0 aromatic heterocycles. The second-order valence-electron chi connectivity index (χ2n) is 3.07. The fourth-order valence-corrected chi connectivity index (χ4v) is 1.24. The van der Waals surface area contributed by atoms with Gasteiger partial charge >= 0.3 is 6.18 Å². The summed E-state index contributed by atoms with van der Waals surface area (Å²) in [5.41, 5.74) is 5.85. The van der Waals surface area contributed by atoms with E-state index < -0.39 is 19.2 Å². The predicted molar refractivity (Wildman–Crippen MR) is 58.5 cm³/mol. The minimum absolute atomic E-state index is 0.0996. The second kappa shape index (κ2) is 5.16. The van der Waals surface area contributed by atoms with E-state index in [1.165, 1.54) is 6.07 Å². The number of hydrogen-bond acceptors (Lipinski definition) is 2. The van der Waals surface area contributed by atoms with E-state index in [9.17, 15) is 13.2 Å². The number of alkyl halides is 3. The normalized spacial score (nSPS) is 11.2. The molecule has 1 aromatic rings. The lowest BCUT2D eigenvalue weighted by Crippen LogP contribution is -2.15. The number of benzene rings is 1. The van der Waals surface area contributed by atoms with Crippen molar-refractivity contribution in [3.63, 3.8) is 0 Å². The van der Waals surface area contributed by atoms with Gasteiger partial charge in [-0.15, -0.1) is 0 Å². The molecule has 0 saturated carbocycles. The van der Waals surface area contributed by atoms with Crippen LogP contribution in [0.25, 0.3) is 0 Å². The zero-order valence-electron chi connectivity index (χ0n) is 8.25. The van der Waals surface area contributed by atoms with Crippen LogP contribution in [0, 0.1) is 0 Å². The van der Waals surface area contributed by atoms with Crippen LogP contribution in [0.3, 0.4) is 0 Å². The Bertz CT molecular complexity index is 379. The first-order chi connectivity index (χ1) is 7.40. The SMILES string of the molecule is NC(=S)c1ccccc1OCCC(F)(F)F. The maximum absolute atomic E-state index is 11.9. The molecule has 0 saturated heterocycles. The molecular weight excluding hydrogens is 239 g/mol. The van der Waals surface area contributed by atoms with Gasteiger partial charge in [0.2, 0.25) is 0 Å². The van der Waals surface area contributed by atoms with E-state index in [2.05, 4.69) is 0 Å². The quantitative estimate of drug-likeness (QED) is 0.833. The van der Waals surface area contributed by atoms with Crippen LogP contribution in [0.15, 0.2) is 24.3 Å². The monoisotopic (exact) mass is 249 g/mol. The largest absolute Gasteiger partial charge is 0.493 e. The predicted octanol–water partition coefficient (Wildman–Crippen LogP) is 2.65. The molecule has 0 heterocycles. The Balaban J connectivity index is 2.64. The number of hydrogen-bond donors (Lipinski definition) is 1. The van der Waals surface area contributed by atoms with Crippen LogP contribution >= 0.6 is 12.2 Å². The number of thiocarbonyl (C=S) groups is 1. The number of halogens is 3. The highest BCUT2D eigenvalue weighted by molar-refractivity contribution is 7.80. The lowest BCUT2D eigenvalue weighted by molar-refractivity contribution is -0.139. The second-order valence-corrected chi connectivity index (χ2v) is 3.51. The molecule has 0 aliphatic rings. The van der Waals surface area contributed by atoms with E-state index in [1.807, 2.05) is 0 Å². The van der Waals surface area contributed by atoms with E-state index in [1.54, 1.807) is 18.2 Å². The highest BCUT2D eigenvalue weighted by atomic mass is 32.1. The first-order valence-corrected chi connectivity index (χ1v) is 4.89. The average molecular weight is 249 g/mol. The first-order valence-electron chi connectivity index (χ1n) is 4.48. The van der Waals surface area contributed by atoms with Crippen molar-refractivity contribution < 1.29 is 17.9 Å². The fraction of sp³-hybridized carbons (Fsp3) is 0.300. The van der Waals surface area contributed by atoms with Gasteiger partial charge < -0.3 is 10.5 Å². The topological polar surface area (TPSA) is 35.2 Å². The van der Waals surface area contributed by atoms with E-state index >= 15 is 0 Å². The molecule has 0 aliphatic heterocycles. The van der Waals surface area contributed by atoms with Crippen molar-refractivity contribution in [1.82, 2.24) is 0 Å². The molecule has 1 aromatic carbocycles. The third-order valence-corrected chi connectivity index (χ3v) is 2.02. The summed E-state index contributed by atoms with van der Waals surface area (Å²) in [6.45, 7) is -0.441. The Morgan fingerprint density at radius 3 is 2.50 bits per heavy atom. The van der Waals surface area contributed by atoms with Crippen molar-refractivity contribution in [1.29, 1.82) is 0 Å². The molecule has 16 heavy (non-hydrogen) atoms. The van der Waals surface area contributed by atoms with Crippen LogP contribution in [0.1, 0.15) is 12.0 Å². The van der Waals surface area contributed by atoms with Gasteiger partial charge in [0, 0.05) is 0 Å². The summed E-state index contributed by atoms with van der Waals surface area (Å²) in [7, 11) is 0. The van der Waals surface area contributed by atoms with Crippen molar-refractivity contribution in [3.8, 4) is 5.75 Å². The van der Waals surface area contributed by atoms with Crippen molar-refractivity contribution in [2.75, 3.05) is 6.61 Å². The molecule has 1 rings (SSSR count). The van der Waals surface area contributed by atoms with Gasteiger partial charge in [-0.1, -0.05) is 24.4 Å². The zero-order chi connectivity index (χ0) is 12.2. The molecule has 0 radical (unpaired) electrons. The lowest BCUT2D eigenvalue weighted by Gasteiger charge is -2.11. The zero-order valence-corrected chi connectivity index (χ0v) is 9.07. The van der Waals surface area contributed by atoms with Gasteiger partial charge in [-0.3, -0.25) is 0 Å². The Morgan fingerprint density at radius 2 is 1.94 bits per heavy atom. The maximum Gasteiger partial charge on any atom is 0.392 e. The number of rotatable bonds is 4. The van der Waals surface area contributed by atoms with Crippen molar-refractivity contribution in [2.24, 2.45) is 5.73 Å². The number of ether oxygens (including phenoxy) is 1. The van der Waals surface area contributed by atoms with Crippen LogP contribution in [0.2, 0.25) is 0 Å². The average Bonchev–Trinajstić information content (AvgIpc) is 2.16. The highest BCUT2D eigenvalue weighted by Crippen LogP contribution is 2.22. The Kier molecular flexibility index (Phi) is 4.12. The third kappa shape index (κ3) is 4.06. The Hall–Kier alpha value is -1.30. The van der Waals surface area contributed by atoms with Crippen LogP contribution in [0.4, 0.5) is 13.2 Å². The van der Waals surface area contributed by atoms with Gasteiger partial charge in [-0.2, -0.15) is 13.2 Å². The minimum atomic E-state index is -4.22. The van der Waals surface area contributed by atoms with Crippen LogP contribution in [-0.2, 0) is 0 Å². The molecular formula is C10H10F3NOS. The molecule has 2 nitrogen and oxygen atoms in total. The van der Waals surface area contributed by atoms with Gasteiger partial charge in [-0.25, -0.2) is 0 Å². The lowest BCUT2D eigenvalue weighted by atomic mass is 10.2. The smallest absolute Gasteiger partial charge is 0.392 e. The van der Waals surface area contributed by atoms with Crippen LogP contribution in [-0.4, -0.2) is 17.8 Å². The van der Waals surface area contributed by atoms with Gasteiger partial charge in [-0.05, 0) is 12.1 Å². The van der Waals surface area contributed by atoms with E-state index in [4.69, 9.17) is 22.7 Å². The van der Waals surface area contributed by atoms with Crippen molar-refractivity contribution in [3.05, 3.63) is 29.8 Å². The van der Waals surface area contributed by atoms with Gasteiger partial charge in [0.15, 0.2) is 0 Å². The summed E-state index contributed by atoms with van der Waals surface area (Å²) in [6, 6.07) is 6.46. The summed E-state index contributed by atoms with van der Waals surface area (Å²) >= 11 is 4.75. The Labute approximate surface area is 96.2 Å². The molecule has 0 unspecified atom stereocenters. The highest BCUT2D eigenvalue weighted by Gasteiger charge is 2.27. The van der Waals surface area contributed by atoms with Gasteiger partial charge in [0.25, 0.3) is 0 Å². The van der Waals surface area contributed by atoms with Gasteiger partial charge in [0.1, 0.15) is 10.7 Å². The maximum atomic E-state index is 11.9. The molecule has 0 fully saturated rings. The molecule has 6 heteroatoms. The number of nitrogens with two attached hydrogens (primary N) is 1. The molecule has 0 bridgehead atoms. The van der Waals surface area contributed by atoms with Gasteiger partial charge in [0.05, 0.1) is 18.6 Å². The van der Waals surface area contributed by atoms with E-state index in [0.29, 0.717) is 5.56 Å². The summed E-state index contributed by atoms with van der Waals surface area (Å²) in [5.74, 6) is 0.277. The molecule has 88 valence electrons. The van der Waals surface area contributed by atoms with E-state index in [-0.39, 0.29) is 10.7 Å². The van der Waals surface area contributed by atoms with Crippen LogP contribution in [0.5, 0.6) is 5.75 Å². The van der Waals surface area contributed by atoms with E-state index in [0.717, 1.165) is 0 Å². The fourth-order valence-electron chi connectivity index (χ4n) is 1.07. The summed E-state index contributed by atoms with van der Waals surface area (Å²) in [4.78, 5) is 0.0996. The number of para-hydroxylation sites is 1. The molecule has 0 atom stereocenters. The third-order valence-electron chi connectivity index (χ3n) is 1.80. The molecule has 0 amide bonds. The summed E-state index contributed by atoms with van der Waals surface area (Å²) in [5, 5.41) is 0. The van der Waals surface area contributed by atoms with Crippen LogP contribution < -0.4 is 10.5 Å². The standard InChI is InChI=1S/C10H10F3NOS/c11-10(12,13)5-6-15-8-4-2-1-3-7(8)9(14)16/h1-4H,5-6H2,(H2,14,16). The minimum Gasteiger partial charge on any atom is -0.493 e. The molecule has 2 N–H and O–H groups in total. The van der Waals surface area contributed by atoms with Crippen molar-refractivity contribution >= 4 is 17.2 Å². The molecule has 0 aliphatic carbocycles. The van der Waals surface area contributed by atoms with Crippen molar-refractivity contribution in [2.45, 2.75) is 12.6 Å².